The summed E-state index contributed by atoms with van der Waals surface area (Å²) in [5.74, 6) is -0.331. The molecule has 5 heteroatoms. The molecule has 0 bridgehead atoms. The monoisotopic (exact) mass is 361 g/mol. The van der Waals surface area contributed by atoms with Gasteiger partial charge in [-0.3, -0.25) is 0 Å². The average Bonchev–Trinajstić information content (AvgIpc) is 2.76. The molecule has 1 nitrogen and oxygen atoms in total. The lowest BCUT2D eigenvalue weighted by Gasteiger charge is -2.05. The quantitative estimate of drug-likeness (QED) is 0.695. The van der Waals surface area contributed by atoms with E-state index in [1.54, 1.807) is 11.3 Å². The van der Waals surface area contributed by atoms with Crippen LogP contribution in [0.1, 0.15) is 18.2 Å². The predicted octanol–water partition coefficient (Wildman–Crippen LogP) is 5.47. The van der Waals surface area contributed by atoms with Crippen molar-refractivity contribution >= 4 is 38.9 Å². The van der Waals surface area contributed by atoms with Crippen LogP contribution in [0.4, 0.5) is 4.39 Å². The number of thiophene rings is 1. The third-order valence-electron chi connectivity index (χ3n) is 2.64. The van der Waals surface area contributed by atoms with Crippen LogP contribution >= 0.6 is 38.9 Å². The largest absolute Gasteiger partial charge is 0.312 e. The molecule has 2 rings (SSSR count). The van der Waals surface area contributed by atoms with Crippen molar-refractivity contribution < 1.29 is 4.39 Å². The van der Waals surface area contributed by atoms with Crippen molar-refractivity contribution in [1.82, 2.24) is 5.32 Å². The van der Waals surface area contributed by atoms with Crippen molar-refractivity contribution in [3.05, 3.63) is 44.5 Å². The van der Waals surface area contributed by atoms with E-state index >= 15 is 0 Å². The van der Waals surface area contributed by atoms with E-state index in [-0.39, 0.29) is 5.82 Å². The molecule has 0 spiro atoms. The summed E-state index contributed by atoms with van der Waals surface area (Å²) in [4.78, 5) is 2.29. The Labute approximate surface area is 129 Å². The van der Waals surface area contributed by atoms with Crippen LogP contribution in [-0.2, 0) is 6.54 Å². The van der Waals surface area contributed by atoms with Gasteiger partial charge in [0, 0.05) is 26.3 Å². The fourth-order valence-corrected chi connectivity index (χ4v) is 4.08. The first-order valence-corrected chi connectivity index (χ1v) is 8.05. The summed E-state index contributed by atoms with van der Waals surface area (Å²) in [6.07, 6.45) is 1.12. The zero-order chi connectivity index (χ0) is 13.8. The van der Waals surface area contributed by atoms with E-state index in [9.17, 15) is 4.39 Å². The molecule has 2 aromatic rings. The smallest absolute Gasteiger partial charge is 0.125 e. The van der Waals surface area contributed by atoms with Gasteiger partial charge in [-0.1, -0.05) is 18.5 Å². The van der Waals surface area contributed by atoms with Gasteiger partial charge in [-0.25, -0.2) is 4.39 Å². The highest BCUT2D eigenvalue weighted by Gasteiger charge is 2.12. The predicted molar refractivity (Wildman–Crippen MR) is 84.4 cm³/mol. The van der Waals surface area contributed by atoms with Crippen molar-refractivity contribution in [1.29, 1.82) is 0 Å². The Balaban J connectivity index is 2.23. The van der Waals surface area contributed by atoms with Gasteiger partial charge in [-0.2, -0.15) is 0 Å². The Morgan fingerprint density at radius 2 is 2.16 bits per heavy atom. The molecule has 0 saturated carbocycles. The van der Waals surface area contributed by atoms with Crippen molar-refractivity contribution in [2.45, 2.75) is 19.9 Å². The Bertz CT molecular complexity index is 547. The van der Waals surface area contributed by atoms with Crippen molar-refractivity contribution in [2.24, 2.45) is 0 Å². The number of hydrogen-bond donors (Lipinski definition) is 1. The molecule has 0 unspecified atom stereocenters. The summed E-state index contributed by atoms with van der Waals surface area (Å²) < 4.78 is 13.9. The maximum absolute atomic E-state index is 13.2. The van der Waals surface area contributed by atoms with E-state index in [4.69, 9.17) is 11.6 Å². The Hall–Kier alpha value is -0.420. The summed E-state index contributed by atoms with van der Waals surface area (Å²) in [6, 6.07) is 6.89. The van der Waals surface area contributed by atoms with Gasteiger partial charge >= 0.3 is 0 Å². The fourth-order valence-electron chi connectivity index (χ4n) is 1.77. The van der Waals surface area contributed by atoms with Gasteiger partial charge in [0.1, 0.15) is 5.82 Å². The highest BCUT2D eigenvalue weighted by Crippen LogP contribution is 2.39. The molecular formula is C14H14BrClFNS. The highest BCUT2D eigenvalue weighted by atomic mass is 79.9. The average molecular weight is 363 g/mol. The molecule has 0 fully saturated rings. The molecule has 0 aliphatic rings. The van der Waals surface area contributed by atoms with Crippen LogP contribution < -0.4 is 5.32 Å². The summed E-state index contributed by atoms with van der Waals surface area (Å²) in [7, 11) is 0. The third-order valence-corrected chi connectivity index (χ3v) is 4.67. The van der Waals surface area contributed by atoms with Gasteiger partial charge in [0.05, 0.1) is 5.02 Å². The molecule has 0 aliphatic carbocycles. The summed E-state index contributed by atoms with van der Waals surface area (Å²) in [6.45, 7) is 4.01. The van der Waals surface area contributed by atoms with E-state index in [1.807, 2.05) is 6.07 Å². The molecule has 1 N–H and O–H groups in total. The molecule has 0 aliphatic heterocycles. The second kappa shape index (κ2) is 6.84. The van der Waals surface area contributed by atoms with Crippen molar-refractivity contribution in [3.8, 4) is 10.4 Å². The van der Waals surface area contributed by atoms with Crippen LogP contribution in [-0.4, -0.2) is 6.54 Å². The minimum atomic E-state index is -0.331. The topological polar surface area (TPSA) is 12.0 Å². The van der Waals surface area contributed by atoms with Gasteiger partial charge in [-0.05, 0) is 53.2 Å². The van der Waals surface area contributed by atoms with Gasteiger partial charge < -0.3 is 5.32 Å². The zero-order valence-electron chi connectivity index (χ0n) is 10.5. The Morgan fingerprint density at radius 1 is 1.37 bits per heavy atom. The van der Waals surface area contributed by atoms with Crippen LogP contribution in [0.2, 0.25) is 5.02 Å². The summed E-state index contributed by atoms with van der Waals surface area (Å²) in [5.41, 5.74) is 0.856. The molecule has 1 heterocycles. The van der Waals surface area contributed by atoms with Gasteiger partial charge in [-0.15, -0.1) is 11.3 Å². The minimum absolute atomic E-state index is 0.331. The van der Waals surface area contributed by atoms with Crippen LogP contribution in [0, 0.1) is 5.82 Å². The number of nitrogens with one attached hydrogen (secondary N) is 1. The van der Waals surface area contributed by atoms with Gasteiger partial charge in [0.15, 0.2) is 0 Å². The zero-order valence-corrected chi connectivity index (χ0v) is 13.6. The second-order valence-corrected chi connectivity index (χ2v) is 6.62. The first kappa shape index (κ1) is 15.0. The van der Waals surface area contributed by atoms with E-state index in [2.05, 4.69) is 34.2 Å². The normalized spacial score (nSPS) is 10.9. The van der Waals surface area contributed by atoms with E-state index in [0.717, 1.165) is 30.0 Å². The molecule has 19 heavy (non-hydrogen) atoms. The molecule has 0 atom stereocenters. The van der Waals surface area contributed by atoms with Crippen LogP contribution in [0.5, 0.6) is 0 Å². The minimum Gasteiger partial charge on any atom is -0.312 e. The van der Waals surface area contributed by atoms with Crippen molar-refractivity contribution in [2.75, 3.05) is 6.54 Å². The van der Waals surface area contributed by atoms with Crippen LogP contribution in [0.25, 0.3) is 10.4 Å². The first-order valence-electron chi connectivity index (χ1n) is 6.06. The Morgan fingerprint density at radius 3 is 2.84 bits per heavy atom. The Kier molecular flexibility index (Phi) is 5.39. The molecule has 0 amide bonds. The van der Waals surface area contributed by atoms with Gasteiger partial charge in [0.2, 0.25) is 0 Å². The van der Waals surface area contributed by atoms with Gasteiger partial charge in [0.25, 0.3) is 0 Å². The maximum atomic E-state index is 13.2. The lowest BCUT2D eigenvalue weighted by molar-refractivity contribution is 0.627. The lowest BCUT2D eigenvalue weighted by Crippen LogP contribution is -2.12. The lowest BCUT2D eigenvalue weighted by atomic mass is 10.2. The standard InChI is InChI=1S/C14H14BrClFNS/c1-2-5-18-8-10-3-4-13(19-10)14-11(15)6-9(17)7-12(14)16/h3-4,6-7,18H,2,5,8H2,1H3. The number of halogens is 3. The molecule has 102 valence electrons. The highest BCUT2D eigenvalue weighted by molar-refractivity contribution is 9.10. The number of hydrogen-bond acceptors (Lipinski definition) is 2. The molecule has 1 aromatic heterocycles. The maximum Gasteiger partial charge on any atom is 0.125 e. The third kappa shape index (κ3) is 3.78. The number of benzene rings is 1. The van der Waals surface area contributed by atoms with E-state index < -0.39 is 0 Å². The fraction of sp³-hybridized carbons (Fsp3) is 0.286. The number of rotatable bonds is 5. The SMILES string of the molecule is CCCNCc1ccc(-c2c(Cl)cc(F)cc2Br)s1. The van der Waals surface area contributed by atoms with Crippen LogP contribution in [0.15, 0.2) is 28.7 Å². The molecule has 0 saturated heterocycles. The van der Waals surface area contributed by atoms with E-state index in [0.29, 0.717) is 9.50 Å². The van der Waals surface area contributed by atoms with Crippen molar-refractivity contribution in [3.63, 3.8) is 0 Å². The molecule has 0 radical (unpaired) electrons. The first-order chi connectivity index (χ1) is 9.11. The van der Waals surface area contributed by atoms with E-state index in [1.165, 1.54) is 17.0 Å². The summed E-state index contributed by atoms with van der Waals surface area (Å²) in [5, 5.41) is 3.79. The van der Waals surface area contributed by atoms with Crippen LogP contribution in [0.3, 0.4) is 0 Å². The second-order valence-electron chi connectivity index (χ2n) is 4.19. The summed E-state index contributed by atoms with van der Waals surface area (Å²) >= 11 is 11.2. The molecular weight excluding hydrogens is 349 g/mol. The molecule has 1 aromatic carbocycles.